The monoisotopic (exact) mass is 204 g/mol. The van der Waals surface area contributed by atoms with Gasteiger partial charge < -0.3 is 0 Å². The standard InChI is InChI=1S/C13H16S/c1-13(2,3)10-9-11-7-5-6-8-12(11)14-4/h5-8H,1-4H3. The van der Waals surface area contributed by atoms with Crippen molar-refractivity contribution in [1.82, 2.24) is 0 Å². The molecule has 1 rings (SSSR count). The fourth-order valence-corrected chi connectivity index (χ4v) is 1.56. The summed E-state index contributed by atoms with van der Waals surface area (Å²) in [5.74, 6) is 6.48. The summed E-state index contributed by atoms with van der Waals surface area (Å²) in [5, 5.41) is 0. The zero-order chi connectivity index (χ0) is 10.6. The third-order valence-electron chi connectivity index (χ3n) is 1.68. The van der Waals surface area contributed by atoms with Crippen LogP contribution in [0.5, 0.6) is 0 Å². The second-order valence-corrected chi connectivity index (χ2v) is 5.05. The van der Waals surface area contributed by atoms with Gasteiger partial charge in [0.15, 0.2) is 0 Å². The molecule has 0 N–H and O–H groups in total. The Kier molecular flexibility index (Phi) is 3.66. The Morgan fingerprint density at radius 3 is 2.36 bits per heavy atom. The summed E-state index contributed by atoms with van der Waals surface area (Å²) >= 11 is 1.74. The largest absolute Gasteiger partial charge is 0.128 e. The Balaban J connectivity index is 3.00. The van der Waals surface area contributed by atoms with E-state index in [-0.39, 0.29) is 5.41 Å². The molecular formula is C13H16S. The first-order valence-corrected chi connectivity index (χ1v) is 5.91. The summed E-state index contributed by atoms with van der Waals surface area (Å²) in [4.78, 5) is 1.25. The summed E-state index contributed by atoms with van der Waals surface area (Å²) in [7, 11) is 0. The Hall–Kier alpha value is -0.870. The van der Waals surface area contributed by atoms with Crippen molar-refractivity contribution in [2.24, 2.45) is 5.41 Å². The molecule has 0 bridgehead atoms. The fourth-order valence-electron chi connectivity index (χ4n) is 1.00. The molecule has 0 saturated heterocycles. The van der Waals surface area contributed by atoms with E-state index in [9.17, 15) is 0 Å². The molecule has 0 saturated carbocycles. The Labute approximate surface area is 91.1 Å². The van der Waals surface area contributed by atoms with Gasteiger partial charge in [0.05, 0.1) is 0 Å². The van der Waals surface area contributed by atoms with Crippen LogP contribution in [0.25, 0.3) is 0 Å². The molecule has 0 aliphatic rings. The van der Waals surface area contributed by atoms with Gasteiger partial charge in [-0.1, -0.05) is 24.0 Å². The molecule has 0 spiro atoms. The van der Waals surface area contributed by atoms with E-state index in [1.807, 2.05) is 12.1 Å². The van der Waals surface area contributed by atoms with E-state index >= 15 is 0 Å². The summed E-state index contributed by atoms with van der Waals surface area (Å²) in [5.41, 5.74) is 1.21. The van der Waals surface area contributed by atoms with Gasteiger partial charge in [-0.15, -0.1) is 11.8 Å². The van der Waals surface area contributed by atoms with E-state index in [1.54, 1.807) is 11.8 Å². The molecule has 0 radical (unpaired) electrons. The quantitative estimate of drug-likeness (QED) is 0.495. The zero-order valence-electron chi connectivity index (χ0n) is 9.22. The molecular weight excluding hydrogens is 188 g/mol. The van der Waals surface area contributed by atoms with E-state index in [2.05, 4.69) is 51.0 Å². The lowest BCUT2D eigenvalue weighted by atomic mass is 9.97. The molecule has 1 heteroatoms. The molecule has 1 aromatic rings. The highest BCUT2D eigenvalue weighted by atomic mass is 32.2. The van der Waals surface area contributed by atoms with Crippen LogP contribution in [0.3, 0.4) is 0 Å². The van der Waals surface area contributed by atoms with Crippen molar-refractivity contribution in [3.05, 3.63) is 29.8 Å². The van der Waals surface area contributed by atoms with Crippen molar-refractivity contribution in [2.45, 2.75) is 25.7 Å². The maximum Gasteiger partial charge on any atom is 0.0381 e. The van der Waals surface area contributed by atoms with E-state index < -0.39 is 0 Å². The predicted molar refractivity (Wildman–Crippen MR) is 64.6 cm³/mol. The lowest BCUT2D eigenvalue weighted by Crippen LogP contribution is -1.99. The van der Waals surface area contributed by atoms with Crippen LogP contribution in [-0.4, -0.2) is 6.26 Å². The Morgan fingerprint density at radius 2 is 1.79 bits per heavy atom. The van der Waals surface area contributed by atoms with Gasteiger partial charge in [-0.3, -0.25) is 0 Å². The van der Waals surface area contributed by atoms with Crippen LogP contribution in [0.2, 0.25) is 0 Å². The van der Waals surface area contributed by atoms with Gasteiger partial charge >= 0.3 is 0 Å². The van der Waals surface area contributed by atoms with Crippen molar-refractivity contribution in [1.29, 1.82) is 0 Å². The van der Waals surface area contributed by atoms with Crippen LogP contribution in [-0.2, 0) is 0 Å². The first kappa shape index (κ1) is 11.2. The maximum absolute atomic E-state index is 3.25. The molecule has 0 atom stereocenters. The molecule has 0 nitrogen and oxygen atoms in total. The van der Waals surface area contributed by atoms with Gasteiger partial charge in [0.25, 0.3) is 0 Å². The predicted octanol–water partition coefficient (Wildman–Crippen LogP) is 3.81. The van der Waals surface area contributed by atoms with E-state index in [0.29, 0.717) is 0 Å². The lowest BCUT2D eigenvalue weighted by molar-refractivity contribution is 0.571. The topological polar surface area (TPSA) is 0 Å². The molecule has 0 aliphatic carbocycles. The van der Waals surface area contributed by atoms with Crippen molar-refractivity contribution in [2.75, 3.05) is 6.26 Å². The van der Waals surface area contributed by atoms with Crippen LogP contribution < -0.4 is 0 Å². The van der Waals surface area contributed by atoms with Crippen molar-refractivity contribution in [3.8, 4) is 11.8 Å². The van der Waals surface area contributed by atoms with Crippen LogP contribution in [0.15, 0.2) is 29.2 Å². The van der Waals surface area contributed by atoms with Crippen LogP contribution >= 0.6 is 11.8 Å². The fraction of sp³-hybridized carbons (Fsp3) is 0.385. The molecule has 74 valence electrons. The van der Waals surface area contributed by atoms with E-state index in [1.165, 1.54) is 4.90 Å². The number of hydrogen-bond acceptors (Lipinski definition) is 1. The van der Waals surface area contributed by atoms with Crippen LogP contribution in [0.4, 0.5) is 0 Å². The van der Waals surface area contributed by atoms with Crippen molar-refractivity contribution >= 4 is 11.8 Å². The van der Waals surface area contributed by atoms with E-state index in [0.717, 1.165) is 5.56 Å². The smallest absolute Gasteiger partial charge is 0.0381 e. The minimum atomic E-state index is 0.0749. The summed E-state index contributed by atoms with van der Waals surface area (Å²) < 4.78 is 0. The SMILES string of the molecule is CSc1ccccc1C#CC(C)(C)C. The Morgan fingerprint density at radius 1 is 1.14 bits per heavy atom. The lowest BCUT2D eigenvalue weighted by Gasteiger charge is -2.07. The Bertz CT molecular complexity index is 361. The highest BCUT2D eigenvalue weighted by molar-refractivity contribution is 7.98. The zero-order valence-corrected chi connectivity index (χ0v) is 10.0. The summed E-state index contributed by atoms with van der Waals surface area (Å²) in [6.45, 7) is 6.38. The molecule has 0 unspecified atom stereocenters. The second-order valence-electron chi connectivity index (χ2n) is 4.20. The molecule has 0 amide bonds. The highest BCUT2D eigenvalue weighted by Gasteiger charge is 2.04. The molecule has 0 aromatic heterocycles. The molecule has 0 aliphatic heterocycles. The minimum Gasteiger partial charge on any atom is -0.128 e. The molecule has 0 heterocycles. The highest BCUT2D eigenvalue weighted by Crippen LogP contribution is 2.19. The van der Waals surface area contributed by atoms with E-state index in [4.69, 9.17) is 0 Å². The summed E-state index contributed by atoms with van der Waals surface area (Å²) in [6, 6.07) is 8.27. The first-order valence-electron chi connectivity index (χ1n) is 4.69. The molecule has 0 fully saturated rings. The van der Waals surface area contributed by atoms with Crippen LogP contribution in [0.1, 0.15) is 26.3 Å². The van der Waals surface area contributed by atoms with Crippen molar-refractivity contribution < 1.29 is 0 Å². The second kappa shape index (κ2) is 4.57. The van der Waals surface area contributed by atoms with Gasteiger partial charge in [0.2, 0.25) is 0 Å². The normalized spacial score (nSPS) is 10.6. The number of benzene rings is 1. The third-order valence-corrected chi connectivity index (χ3v) is 2.47. The molecule has 14 heavy (non-hydrogen) atoms. The first-order chi connectivity index (χ1) is 6.53. The number of rotatable bonds is 1. The average molecular weight is 204 g/mol. The average Bonchev–Trinajstić information content (AvgIpc) is 2.14. The van der Waals surface area contributed by atoms with Crippen LogP contribution in [0, 0.1) is 17.3 Å². The molecule has 1 aromatic carbocycles. The third kappa shape index (κ3) is 3.47. The van der Waals surface area contributed by atoms with Gasteiger partial charge in [0, 0.05) is 15.9 Å². The summed E-state index contributed by atoms with van der Waals surface area (Å²) in [6.07, 6.45) is 2.08. The van der Waals surface area contributed by atoms with Gasteiger partial charge in [-0.2, -0.15) is 0 Å². The van der Waals surface area contributed by atoms with Crippen molar-refractivity contribution in [3.63, 3.8) is 0 Å². The number of hydrogen-bond donors (Lipinski definition) is 0. The van der Waals surface area contributed by atoms with Gasteiger partial charge in [0.1, 0.15) is 0 Å². The maximum atomic E-state index is 3.25. The van der Waals surface area contributed by atoms with Gasteiger partial charge in [-0.05, 0) is 39.2 Å². The minimum absolute atomic E-state index is 0.0749. The number of thioether (sulfide) groups is 1. The van der Waals surface area contributed by atoms with Gasteiger partial charge in [-0.25, -0.2) is 0 Å².